The Bertz CT molecular complexity index is 777. The maximum atomic E-state index is 3.33. The Hall–Kier alpha value is -0.540. The fourth-order valence-electron chi connectivity index (χ4n) is 3.89. The van der Waals surface area contributed by atoms with Gasteiger partial charge in [-0.25, -0.2) is 0 Å². The summed E-state index contributed by atoms with van der Waals surface area (Å²) in [4.78, 5) is 0. The van der Waals surface area contributed by atoms with Crippen molar-refractivity contribution in [3.05, 3.63) is 65.8 Å². The van der Waals surface area contributed by atoms with Crippen LogP contribution in [0.2, 0.25) is 0 Å². The average molecular weight is 568 g/mol. The van der Waals surface area contributed by atoms with E-state index in [1.54, 1.807) is 0 Å². The Morgan fingerprint density at radius 1 is 0.885 bits per heavy atom. The van der Waals surface area contributed by atoms with E-state index in [9.17, 15) is 0 Å². The minimum atomic E-state index is 0.755. The van der Waals surface area contributed by atoms with Crippen molar-refractivity contribution in [2.75, 3.05) is 0 Å². The summed E-state index contributed by atoms with van der Waals surface area (Å²) >= 11 is 4.79. The Kier molecular flexibility index (Phi) is 7.45. The molecule has 2 aromatic carbocycles. The zero-order valence-electron chi connectivity index (χ0n) is 15.6. The highest BCUT2D eigenvalue weighted by molar-refractivity contribution is 14.1. The minimum absolute atomic E-state index is 0.755. The van der Waals surface area contributed by atoms with E-state index in [0.29, 0.717) is 0 Å². The topological polar surface area (TPSA) is 0 Å². The molecule has 0 nitrogen and oxygen atoms in total. The lowest BCUT2D eigenvalue weighted by Crippen LogP contribution is -2.13. The smallest absolute Gasteiger partial charge is 0.0270 e. The summed E-state index contributed by atoms with van der Waals surface area (Å²) in [5, 5.41) is 0. The molecule has 0 amide bonds. The van der Waals surface area contributed by atoms with Crippen LogP contribution in [0.4, 0.5) is 0 Å². The van der Waals surface area contributed by atoms with Crippen LogP contribution in [0, 0.1) is 31.8 Å². The third-order valence-corrected chi connectivity index (χ3v) is 7.80. The highest BCUT2D eigenvalue weighted by Gasteiger charge is 2.21. The van der Waals surface area contributed by atoms with Crippen LogP contribution in [-0.4, -0.2) is 0 Å². The Morgan fingerprint density at radius 2 is 1.46 bits per heavy atom. The van der Waals surface area contributed by atoms with Gasteiger partial charge in [-0.15, -0.1) is 0 Å². The molecule has 1 aliphatic rings. The lowest BCUT2D eigenvalue weighted by atomic mass is 9.77. The first kappa shape index (κ1) is 20.2. The average Bonchev–Trinajstić information content (AvgIpc) is 2.66. The van der Waals surface area contributed by atoms with Crippen molar-refractivity contribution < 1.29 is 0 Å². The third kappa shape index (κ3) is 5.25. The second kappa shape index (κ2) is 9.59. The molecule has 26 heavy (non-hydrogen) atoms. The van der Waals surface area contributed by atoms with E-state index in [1.165, 1.54) is 56.8 Å². The van der Waals surface area contributed by atoms with E-state index in [4.69, 9.17) is 0 Å². The van der Waals surface area contributed by atoms with Crippen LogP contribution < -0.4 is 0 Å². The standard InChI is InChI=1S/C24H26I2/c1-3-4-18-7-11-21(12-8-18)22-13-9-19(10-14-22)5-6-20-15-23(25)17(2)24(26)16-20/h9-10,13-16,18,21H,3-4,7-8,11-12H2,1-2H3. The fourth-order valence-corrected chi connectivity index (χ4v) is 5.66. The Balaban J connectivity index is 1.66. The number of hydrogen-bond acceptors (Lipinski definition) is 0. The highest BCUT2D eigenvalue weighted by Crippen LogP contribution is 2.37. The van der Waals surface area contributed by atoms with Crippen molar-refractivity contribution in [2.24, 2.45) is 5.92 Å². The summed E-state index contributed by atoms with van der Waals surface area (Å²) in [6, 6.07) is 13.4. The molecule has 3 rings (SSSR count). The maximum Gasteiger partial charge on any atom is 0.0270 e. The van der Waals surface area contributed by atoms with Crippen molar-refractivity contribution >= 4 is 45.2 Å². The summed E-state index contributed by atoms with van der Waals surface area (Å²) in [5.74, 6) is 8.39. The van der Waals surface area contributed by atoms with Crippen LogP contribution in [0.1, 0.15) is 73.6 Å². The molecule has 0 spiro atoms. The molecule has 1 fully saturated rings. The maximum absolute atomic E-state index is 3.33. The van der Waals surface area contributed by atoms with Crippen LogP contribution in [0.15, 0.2) is 36.4 Å². The predicted molar refractivity (Wildman–Crippen MR) is 129 cm³/mol. The summed E-state index contributed by atoms with van der Waals surface area (Å²) in [7, 11) is 0. The molecule has 2 heteroatoms. The zero-order chi connectivity index (χ0) is 18.5. The van der Waals surface area contributed by atoms with Crippen molar-refractivity contribution in [3.8, 4) is 11.8 Å². The first-order chi connectivity index (χ1) is 12.6. The second-order valence-electron chi connectivity index (χ2n) is 7.44. The molecule has 2 aromatic rings. The summed E-state index contributed by atoms with van der Waals surface area (Å²) < 4.78 is 2.57. The van der Waals surface area contributed by atoms with Gasteiger partial charge in [0.25, 0.3) is 0 Å². The van der Waals surface area contributed by atoms with E-state index in [0.717, 1.165) is 23.0 Å². The van der Waals surface area contributed by atoms with Crippen molar-refractivity contribution in [1.82, 2.24) is 0 Å². The molecule has 0 atom stereocenters. The lowest BCUT2D eigenvalue weighted by Gasteiger charge is -2.28. The van der Waals surface area contributed by atoms with Gasteiger partial charge in [0.05, 0.1) is 0 Å². The van der Waals surface area contributed by atoms with E-state index in [1.807, 2.05) is 0 Å². The van der Waals surface area contributed by atoms with Gasteiger partial charge in [0.1, 0.15) is 0 Å². The van der Waals surface area contributed by atoms with Gasteiger partial charge in [-0.2, -0.15) is 0 Å². The highest BCUT2D eigenvalue weighted by atomic mass is 127. The van der Waals surface area contributed by atoms with Gasteiger partial charge in [-0.3, -0.25) is 0 Å². The quantitative estimate of drug-likeness (QED) is 0.263. The van der Waals surface area contributed by atoms with Crippen LogP contribution in [0.25, 0.3) is 0 Å². The van der Waals surface area contributed by atoms with Crippen LogP contribution >= 0.6 is 45.2 Å². The van der Waals surface area contributed by atoms with Gasteiger partial charge in [-0.05, 0) is 125 Å². The van der Waals surface area contributed by atoms with Gasteiger partial charge in [0, 0.05) is 18.3 Å². The molecular weight excluding hydrogens is 542 g/mol. The molecule has 0 heterocycles. The molecule has 0 radical (unpaired) electrons. The molecule has 0 unspecified atom stereocenters. The lowest BCUT2D eigenvalue weighted by molar-refractivity contribution is 0.308. The zero-order valence-corrected chi connectivity index (χ0v) is 19.9. The molecule has 0 bridgehead atoms. The second-order valence-corrected chi connectivity index (χ2v) is 9.77. The van der Waals surface area contributed by atoms with Gasteiger partial charge < -0.3 is 0 Å². The van der Waals surface area contributed by atoms with Crippen LogP contribution in [-0.2, 0) is 0 Å². The van der Waals surface area contributed by atoms with Crippen molar-refractivity contribution in [3.63, 3.8) is 0 Å². The van der Waals surface area contributed by atoms with E-state index < -0.39 is 0 Å². The van der Waals surface area contributed by atoms with Crippen LogP contribution in [0.5, 0.6) is 0 Å². The summed E-state index contributed by atoms with van der Waals surface area (Å²) in [6.07, 6.45) is 8.28. The monoisotopic (exact) mass is 568 g/mol. The van der Waals surface area contributed by atoms with E-state index in [-0.39, 0.29) is 0 Å². The largest absolute Gasteiger partial charge is 0.0654 e. The Labute approximate surface area is 185 Å². The van der Waals surface area contributed by atoms with E-state index >= 15 is 0 Å². The molecular formula is C24H26I2. The van der Waals surface area contributed by atoms with Gasteiger partial charge in [-0.1, -0.05) is 43.7 Å². The number of hydrogen-bond donors (Lipinski definition) is 0. The fraction of sp³-hybridized carbons (Fsp3) is 0.417. The van der Waals surface area contributed by atoms with Crippen molar-refractivity contribution in [2.45, 2.75) is 58.3 Å². The number of halogens is 2. The normalized spacial score (nSPS) is 19.7. The molecule has 1 saturated carbocycles. The molecule has 0 N–H and O–H groups in total. The van der Waals surface area contributed by atoms with Crippen molar-refractivity contribution in [1.29, 1.82) is 0 Å². The van der Waals surface area contributed by atoms with Crippen LogP contribution in [0.3, 0.4) is 0 Å². The van der Waals surface area contributed by atoms with E-state index in [2.05, 4.69) is 107 Å². The summed E-state index contributed by atoms with van der Waals surface area (Å²) in [5.41, 5.74) is 5.06. The Morgan fingerprint density at radius 3 is 2.04 bits per heavy atom. The number of benzene rings is 2. The molecule has 136 valence electrons. The SMILES string of the molecule is CCCC1CCC(c2ccc(C#Cc3cc(I)c(C)c(I)c3)cc2)CC1. The molecule has 1 aliphatic carbocycles. The summed E-state index contributed by atoms with van der Waals surface area (Å²) in [6.45, 7) is 4.47. The first-order valence-electron chi connectivity index (χ1n) is 9.64. The van der Waals surface area contributed by atoms with Gasteiger partial charge >= 0.3 is 0 Å². The van der Waals surface area contributed by atoms with Gasteiger partial charge in [0.15, 0.2) is 0 Å². The van der Waals surface area contributed by atoms with Gasteiger partial charge in [0.2, 0.25) is 0 Å². The third-order valence-electron chi connectivity index (χ3n) is 5.56. The predicted octanol–water partition coefficient (Wildman–Crippen LogP) is 7.68. The minimum Gasteiger partial charge on any atom is -0.0654 e. The molecule has 0 aliphatic heterocycles. The molecule has 0 aromatic heterocycles. The number of rotatable bonds is 3. The molecule has 0 saturated heterocycles. The first-order valence-corrected chi connectivity index (χ1v) is 11.8.